The second kappa shape index (κ2) is 10.3. The van der Waals surface area contributed by atoms with E-state index in [2.05, 4.69) is 5.32 Å². The molecule has 0 heterocycles. The van der Waals surface area contributed by atoms with E-state index in [0.29, 0.717) is 6.61 Å². The number of aliphatic hydroxyl groups excluding tert-OH is 1. The maximum absolute atomic E-state index is 11.8. The van der Waals surface area contributed by atoms with Crippen molar-refractivity contribution in [1.29, 1.82) is 5.41 Å². The maximum Gasteiger partial charge on any atom is 0.244 e. The van der Waals surface area contributed by atoms with Crippen LogP contribution in [0, 0.1) is 12.3 Å². The fourth-order valence-electron chi connectivity index (χ4n) is 2.29. The van der Waals surface area contributed by atoms with Gasteiger partial charge in [0.2, 0.25) is 5.91 Å². The molecule has 0 aromatic heterocycles. The average molecular weight is 352 g/mol. The van der Waals surface area contributed by atoms with Crippen molar-refractivity contribution in [1.82, 2.24) is 5.32 Å². The number of nitrogens with one attached hydrogen (secondary N) is 2. The summed E-state index contributed by atoms with van der Waals surface area (Å²) in [5, 5.41) is 20.4. The van der Waals surface area contributed by atoms with Crippen LogP contribution in [-0.2, 0) is 16.1 Å². The summed E-state index contributed by atoms with van der Waals surface area (Å²) in [6.45, 7) is 2.66. The number of carbonyl (C=O) groups excluding carboxylic acids is 1. The minimum Gasteiger partial charge on any atom is -0.389 e. The molecule has 0 spiro atoms. The molecule has 2 rings (SSSR count). The van der Waals surface area contributed by atoms with Crippen molar-refractivity contribution in [3.05, 3.63) is 83.4 Å². The number of ether oxygens (including phenoxy) is 1. The lowest BCUT2D eigenvalue weighted by Crippen LogP contribution is -2.33. The lowest BCUT2D eigenvalue weighted by molar-refractivity contribution is -0.117. The predicted octanol–water partition coefficient (Wildman–Crippen LogP) is 2.61. The minimum absolute atomic E-state index is 0.0929. The van der Waals surface area contributed by atoms with Gasteiger partial charge >= 0.3 is 0 Å². The topological polar surface area (TPSA) is 82.4 Å². The molecule has 5 heteroatoms. The first-order valence-electron chi connectivity index (χ1n) is 8.46. The molecule has 0 aliphatic carbocycles. The number of aliphatic hydroxyl groups is 1. The van der Waals surface area contributed by atoms with Crippen molar-refractivity contribution >= 4 is 11.6 Å². The summed E-state index contributed by atoms with van der Waals surface area (Å²) in [5.74, 6) is -0.358. The van der Waals surface area contributed by atoms with Crippen LogP contribution < -0.4 is 5.32 Å². The van der Waals surface area contributed by atoms with E-state index in [1.54, 1.807) is 12.1 Å². The van der Waals surface area contributed by atoms with Gasteiger partial charge in [-0.1, -0.05) is 54.6 Å². The lowest BCUT2D eigenvalue weighted by Gasteiger charge is -2.12. The highest BCUT2D eigenvalue weighted by Crippen LogP contribution is 2.08. The van der Waals surface area contributed by atoms with Crippen molar-refractivity contribution in [2.75, 3.05) is 13.2 Å². The van der Waals surface area contributed by atoms with Gasteiger partial charge in [-0.15, -0.1) is 0 Å². The van der Waals surface area contributed by atoms with Crippen LogP contribution >= 0.6 is 0 Å². The summed E-state index contributed by atoms with van der Waals surface area (Å²) >= 11 is 0. The lowest BCUT2D eigenvalue weighted by atomic mass is 10.1. The third kappa shape index (κ3) is 6.63. The Morgan fingerprint density at radius 1 is 1.15 bits per heavy atom. The van der Waals surface area contributed by atoms with E-state index in [0.717, 1.165) is 16.7 Å². The zero-order valence-electron chi connectivity index (χ0n) is 14.8. The van der Waals surface area contributed by atoms with Crippen LogP contribution in [0.3, 0.4) is 0 Å². The van der Waals surface area contributed by atoms with Crippen molar-refractivity contribution in [2.45, 2.75) is 19.6 Å². The Balaban J connectivity index is 1.67. The molecule has 0 aliphatic rings. The van der Waals surface area contributed by atoms with Gasteiger partial charge in [0.1, 0.15) is 0 Å². The average Bonchev–Trinajstić information content (AvgIpc) is 2.66. The molecule has 1 unspecified atom stereocenters. The number of aryl methyl sites for hydroxylation is 1. The molecule has 2 aromatic carbocycles. The van der Waals surface area contributed by atoms with Gasteiger partial charge in [-0.3, -0.25) is 4.79 Å². The van der Waals surface area contributed by atoms with E-state index in [-0.39, 0.29) is 24.8 Å². The first-order valence-corrected chi connectivity index (χ1v) is 8.46. The van der Waals surface area contributed by atoms with E-state index in [4.69, 9.17) is 10.1 Å². The molecule has 2 aromatic rings. The molecular weight excluding hydrogens is 328 g/mol. The Morgan fingerprint density at radius 3 is 2.58 bits per heavy atom. The van der Waals surface area contributed by atoms with E-state index >= 15 is 0 Å². The van der Waals surface area contributed by atoms with Crippen LogP contribution in [0.5, 0.6) is 0 Å². The smallest absolute Gasteiger partial charge is 0.244 e. The zero-order valence-corrected chi connectivity index (χ0v) is 14.8. The van der Waals surface area contributed by atoms with Crippen LogP contribution in [0.15, 0.2) is 66.7 Å². The molecule has 0 saturated carbocycles. The summed E-state index contributed by atoms with van der Waals surface area (Å²) < 4.78 is 5.50. The SMILES string of the molecule is Cc1ccccc1COCC(O)CNC(=O)/C=C\C(=N)c1ccccc1. The van der Waals surface area contributed by atoms with Gasteiger partial charge in [-0.25, -0.2) is 0 Å². The molecule has 0 radical (unpaired) electrons. The number of amides is 1. The summed E-state index contributed by atoms with van der Waals surface area (Å²) in [5.41, 5.74) is 3.21. The molecule has 1 amide bonds. The van der Waals surface area contributed by atoms with Gasteiger partial charge in [0.25, 0.3) is 0 Å². The molecule has 5 nitrogen and oxygen atoms in total. The molecule has 0 saturated heterocycles. The van der Waals surface area contributed by atoms with E-state index in [9.17, 15) is 9.90 Å². The van der Waals surface area contributed by atoms with Crippen LogP contribution in [0.25, 0.3) is 0 Å². The second-order valence-electron chi connectivity index (χ2n) is 5.95. The van der Waals surface area contributed by atoms with Crippen LogP contribution in [-0.4, -0.2) is 36.0 Å². The van der Waals surface area contributed by atoms with Gasteiger partial charge in [-0.2, -0.15) is 0 Å². The minimum atomic E-state index is -0.787. The Morgan fingerprint density at radius 2 is 1.85 bits per heavy atom. The first kappa shape index (κ1) is 19.6. The van der Waals surface area contributed by atoms with Gasteiger partial charge in [-0.05, 0) is 29.7 Å². The van der Waals surface area contributed by atoms with Crippen molar-refractivity contribution in [3.8, 4) is 0 Å². The highest BCUT2D eigenvalue weighted by atomic mass is 16.5. The normalized spacial score (nSPS) is 12.1. The van der Waals surface area contributed by atoms with E-state index < -0.39 is 6.10 Å². The molecule has 0 bridgehead atoms. The molecule has 26 heavy (non-hydrogen) atoms. The zero-order chi connectivity index (χ0) is 18.8. The van der Waals surface area contributed by atoms with Crippen molar-refractivity contribution < 1.29 is 14.6 Å². The van der Waals surface area contributed by atoms with Gasteiger partial charge < -0.3 is 20.6 Å². The predicted molar refractivity (Wildman–Crippen MR) is 102 cm³/mol. The molecule has 0 aliphatic heterocycles. The largest absolute Gasteiger partial charge is 0.389 e. The van der Waals surface area contributed by atoms with Crippen LogP contribution in [0.4, 0.5) is 0 Å². The Hall–Kier alpha value is -2.76. The highest BCUT2D eigenvalue weighted by Gasteiger charge is 2.07. The summed E-state index contributed by atoms with van der Waals surface area (Å²) in [6.07, 6.45) is 1.94. The quantitative estimate of drug-likeness (QED) is 0.479. The van der Waals surface area contributed by atoms with E-state index in [1.165, 1.54) is 12.2 Å². The second-order valence-corrected chi connectivity index (χ2v) is 5.95. The monoisotopic (exact) mass is 352 g/mol. The fourth-order valence-corrected chi connectivity index (χ4v) is 2.29. The molecule has 136 valence electrons. The summed E-state index contributed by atoms with van der Waals surface area (Å²) in [6, 6.07) is 17.1. The van der Waals surface area contributed by atoms with E-state index in [1.807, 2.05) is 49.4 Å². The molecule has 3 N–H and O–H groups in total. The molecular formula is C21H24N2O3. The standard InChI is InChI=1S/C21H24N2O3/c1-16-7-5-6-10-18(16)14-26-15-19(24)13-23-21(25)12-11-20(22)17-8-3-2-4-9-17/h2-12,19,22,24H,13-15H2,1H3,(H,23,25)/b12-11-,22-20?. The van der Waals surface area contributed by atoms with Gasteiger partial charge in [0.05, 0.1) is 25.0 Å². The van der Waals surface area contributed by atoms with Crippen molar-refractivity contribution in [2.24, 2.45) is 0 Å². The third-order valence-corrected chi connectivity index (χ3v) is 3.83. The maximum atomic E-state index is 11.8. The molecule has 1 atom stereocenters. The van der Waals surface area contributed by atoms with Gasteiger partial charge in [0.15, 0.2) is 0 Å². The number of rotatable bonds is 9. The Bertz CT molecular complexity index is 757. The third-order valence-electron chi connectivity index (χ3n) is 3.83. The number of hydrogen-bond donors (Lipinski definition) is 3. The van der Waals surface area contributed by atoms with Crippen LogP contribution in [0.1, 0.15) is 16.7 Å². The first-order chi connectivity index (χ1) is 12.6. The highest BCUT2D eigenvalue weighted by molar-refractivity contribution is 6.09. The van der Waals surface area contributed by atoms with Crippen LogP contribution in [0.2, 0.25) is 0 Å². The number of carbonyl (C=O) groups is 1. The summed E-state index contributed by atoms with van der Waals surface area (Å²) in [4.78, 5) is 11.8. The van der Waals surface area contributed by atoms with Gasteiger partial charge in [0, 0.05) is 12.6 Å². The Kier molecular flexibility index (Phi) is 7.74. The number of benzene rings is 2. The fraction of sp³-hybridized carbons (Fsp3) is 0.238. The molecule has 0 fully saturated rings. The number of allylic oxidation sites excluding steroid dienone is 1. The summed E-state index contributed by atoms with van der Waals surface area (Å²) in [7, 11) is 0. The Labute approximate surface area is 153 Å². The number of hydrogen-bond acceptors (Lipinski definition) is 4. The van der Waals surface area contributed by atoms with Crippen molar-refractivity contribution in [3.63, 3.8) is 0 Å².